The number of carbonyl (C=O) groups excluding carboxylic acids is 1. The molecular formula is C20H32N2O2. The predicted octanol–water partition coefficient (Wildman–Crippen LogP) is 3.54. The summed E-state index contributed by atoms with van der Waals surface area (Å²) in [4.78, 5) is 15.0. The summed E-state index contributed by atoms with van der Waals surface area (Å²) in [6, 6.07) is 10.7. The van der Waals surface area contributed by atoms with Crippen molar-refractivity contribution in [2.75, 3.05) is 26.2 Å². The Hall–Kier alpha value is -1.39. The minimum absolute atomic E-state index is 0.0416. The Labute approximate surface area is 146 Å². The highest BCUT2D eigenvalue weighted by molar-refractivity contribution is 5.84. The SMILES string of the molecule is CCOC(C)(C)C(=O)NCC(c1ccccc1)N1CCCCCC1. The molecule has 0 radical (unpaired) electrons. The van der Waals surface area contributed by atoms with E-state index in [0.29, 0.717) is 13.2 Å². The van der Waals surface area contributed by atoms with Crippen LogP contribution in [0.15, 0.2) is 30.3 Å². The summed E-state index contributed by atoms with van der Waals surface area (Å²) >= 11 is 0. The number of ether oxygens (including phenoxy) is 1. The van der Waals surface area contributed by atoms with Gasteiger partial charge in [-0.15, -0.1) is 0 Å². The molecule has 134 valence electrons. The largest absolute Gasteiger partial charge is 0.366 e. The molecule has 0 bridgehead atoms. The molecular weight excluding hydrogens is 300 g/mol. The average Bonchev–Trinajstić information content (AvgIpc) is 2.85. The second-order valence-electron chi connectivity index (χ2n) is 7.03. The Bertz CT molecular complexity index is 494. The lowest BCUT2D eigenvalue weighted by Crippen LogP contribution is -2.47. The third kappa shape index (κ3) is 5.32. The third-order valence-corrected chi connectivity index (χ3v) is 4.77. The Balaban J connectivity index is 2.07. The van der Waals surface area contributed by atoms with E-state index in [4.69, 9.17) is 4.74 Å². The second-order valence-corrected chi connectivity index (χ2v) is 7.03. The van der Waals surface area contributed by atoms with Crippen LogP contribution < -0.4 is 5.32 Å². The van der Waals surface area contributed by atoms with E-state index in [2.05, 4.69) is 34.5 Å². The minimum Gasteiger partial charge on any atom is -0.366 e. The van der Waals surface area contributed by atoms with Gasteiger partial charge in [-0.05, 0) is 52.3 Å². The van der Waals surface area contributed by atoms with E-state index in [1.165, 1.54) is 31.2 Å². The molecule has 1 unspecified atom stereocenters. The van der Waals surface area contributed by atoms with E-state index < -0.39 is 5.60 Å². The molecule has 1 aromatic carbocycles. The van der Waals surface area contributed by atoms with Crippen molar-refractivity contribution in [1.29, 1.82) is 0 Å². The van der Waals surface area contributed by atoms with Crippen molar-refractivity contribution in [3.63, 3.8) is 0 Å². The molecule has 4 heteroatoms. The number of nitrogens with zero attached hydrogens (tertiary/aromatic N) is 1. The van der Waals surface area contributed by atoms with Crippen LogP contribution in [0.2, 0.25) is 0 Å². The molecule has 1 N–H and O–H groups in total. The van der Waals surface area contributed by atoms with E-state index in [1.807, 2.05) is 26.8 Å². The number of carbonyl (C=O) groups is 1. The molecule has 1 heterocycles. The highest BCUT2D eigenvalue weighted by Crippen LogP contribution is 2.24. The first kappa shape index (κ1) is 18.9. The van der Waals surface area contributed by atoms with Crippen molar-refractivity contribution in [2.45, 2.75) is 58.1 Å². The van der Waals surface area contributed by atoms with Crippen molar-refractivity contribution in [2.24, 2.45) is 0 Å². The van der Waals surface area contributed by atoms with Crippen LogP contribution in [0.3, 0.4) is 0 Å². The van der Waals surface area contributed by atoms with Gasteiger partial charge in [0, 0.05) is 13.2 Å². The van der Waals surface area contributed by atoms with Crippen molar-refractivity contribution >= 4 is 5.91 Å². The smallest absolute Gasteiger partial charge is 0.251 e. The van der Waals surface area contributed by atoms with Crippen LogP contribution >= 0.6 is 0 Å². The fourth-order valence-corrected chi connectivity index (χ4v) is 3.37. The molecule has 0 aliphatic carbocycles. The highest BCUT2D eigenvalue weighted by Gasteiger charge is 2.29. The second kappa shape index (κ2) is 9.19. The van der Waals surface area contributed by atoms with Crippen molar-refractivity contribution in [3.05, 3.63) is 35.9 Å². The monoisotopic (exact) mass is 332 g/mol. The summed E-state index contributed by atoms with van der Waals surface area (Å²) in [5, 5.41) is 3.12. The molecule has 1 saturated heterocycles. The molecule has 1 amide bonds. The van der Waals surface area contributed by atoms with Gasteiger partial charge >= 0.3 is 0 Å². The lowest BCUT2D eigenvalue weighted by molar-refractivity contribution is -0.142. The number of hydrogen-bond acceptors (Lipinski definition) is 3. The maximum atomic E-state index is 12.5. The van der Waals surface area contributed by atoms with Crippen LogP contribution in [-0.4, -0.2) is 42.6 Å². The number of amides is 1. The Kier molecular flexibility index (Phi) is 7.25. The van der Waals surface area contributed by atoms with Crippen LogP contribution in [-0.2, 0) is 9.53 Å². The molecule has 0 aromatic heterocycles. The number of nitrogens with one attached hydrogen (secondary N) is 1. The summed E-state index contributed by atoms with van der Waals surface area (Å²) in [5.74, 6) is -0.0416. The summed E-state index contributed by atoms with van der Waals surface area (Å²) < 4.78 is 5.57. The quantitative estimate of drug-likeness (QED) is 0.830. The van der Waals surface area contributed by atoms with Gasteiger partial charge in [-0.2, -0.15) is 0 Å². The Morgan fingerprint density at radius 2 is 1.79 bits per heavy atom. The molecule has 1 atom stereocenters. The summed E-state index contributed by atoms with van der Waals surface area (Å²) in [6.45, 7) is 8.94. The standard InChI is InChI=1S/C20H32N2O2/c1-4-24-20(2,3)19(23)21-16-18(17-12-8-7-9-13-17)22-14-10-5-6-11-15-22/h7-9,12-13,18H,4-6,10-11,14-16H2,1-3H3,(H,21,23). The van der Waals surface area contributed by atoms with Crippen molar-refractivity contribution < 1.29 is 9.53 Å². The van der Waals surface area contributed by atoms with E-state index in [-0.39, 0.29) is 11.9 Å². The Morgan fingerprint density at radius 1 is 1.17 bits per heavy atom. The summed E-state index contributed by atoms with van der Waals surface area (Å²) in [6.07, 6.45) is 5.09. The first-order valence-electron chi connectivity index (χ1n) is 9.26. The molecule has 1 aliphatic heterocycles. The van der Waals surface area contributed by atoms with Crippen molar-refractivity contribution in [1.82, 2.24) is 10.2 Å². The molecule has 24 heavy (non-hydrogen) atoms. The van der Waals surface area contributed by atoms with Crippen LogP contribution in [0.4, 0.5) is 0 Å². The van der Waals surface area contributed by atoms with Crippen molar-refractivity contribution in [3.8, 4) is 0 Å². The minimum atomic E-state index is -0.783. The van der Waals surface area contributed by atoms with Gasteiger partial charge in [0.1, 0.15) is 5.60 Å². The van der Waals surface area contributed by atoms with Gasteiger partial charge in [0.2, 0.25) is 0 Å². The number of likely N-dealkylation sites (tertiary alicyclic amines) is 1. The third-order valence-electron chi connectivity index (χ3n) is 4.77. The fraction of sp³-hybridized carbons (Fsp3) is 0.650. The first-order valence-corrected chi connectivity index (χ1v) is 9.26. The zero-order valence-corrected chi connectivity index (χ0v) is 15.4. The molecule has 1 fully saturated rings. The number of hydrogen-bond donors (Lipinski definition) is 1. The van der Waals surface area contributed by atoms with Gasteiger partial charge < -0.3 is 10.1 Å². The maximum absolute atomic E-state index is 12.5. The molecule has 4 nitrogen and oxygen atoms in total. The van der Waals surface area contributed by atoms with Gasteiger partial charge in [-0.25, -0.2) is 0 Å². The predicted molar refractivity (Wildman–Crippen MR) is 97.9 cm³/mol. The number of rotatable bonds is 7. The average molecular weight is 332 g/mol. The zero-order chi connectivity index (χ0) is 17.4. The first-order chi connectivity index (χ1) is 11.5. The maximum Gasteiger partial charge on any atom is 0.251 e. The molecule has 0 saturated carbocycles. The Morgan fingerprint density at radius 3 is 2.38 bits per heavy atom. The van der Waals surface area contributed by atoms with Gasteiger partial charge in [0.05, 0.1) is 6.04 Å². The summed E-state index contributed by atoms with van der Waals surface area (Å²) in [7, 11) is 0. The highest BCUT2D eigenvalue weighted by atomic mass is 16.5. The van der Waals surface area contributed by atoms with Crippen LogP contribution in [0.5, 0.6) is 0 Å². The van der Waals surface area contributed by atoms with Gasteiger partial charge in [0.25, 0.3) is 5.91 Å². The zero-order valence-electron chi connectivity index (χ0n) is 15.4. The van der Waals surface area contributed by atoms with Gasteiger partial charge in [-0.1, -0.05) is 43.2 Å². The molecule has 1 aromatic rings. The van der Waals surface area contributed by atoms with Crippen LogP contribution in [0.25, 0.3) is 0 Å². The van der Waals surface area contributed by atoms with E-state index in [0.717, 1.165) is 13.1 Å². The van der Waals surface area contributed by atoms with E-state index in [9.17, 15) is 4.79 Å². The van der Waals surface area contributed by atoms with Crippen LogP contribution in [0, 0.1) is 0 Å². The normalized spacial score (nSPS) is 18.0. The molecule has 2 rings (SSSR count). The lowest BCUT2D eigenvalue weighted by atomic mass is 10.0. The lowest BCUT2D eigenvalue weighted by Gasteiger charge is -2.32. The number of benzene rings is 1. The summed E-state index contributed by atoms with van der Waals surface area (Å²) in [5.41, 5.74) is 0.489. The molecule has 1 aliphatic rings. The van der Waals surface area contributed by atoms with Crippen LogP contribution in [0.1, 0.15) is 58.1 Å². The van der Waals surface area contributed by atoms with E-state index >= 15 is 0 Å². The van der Waals surface area contributed by atoms with Gasteiger partial charge in [-0.3, -0.25) is 9.69 Å². The fourth-order valence-electron chi connectivity index (χ4n) is 3.37. The molecule has 0 spiro atoms. The van der Waals surface area contributed by atoms with Gasteiger partial charge in [0.15, 0.2) is 0 Å². The van der Waals surface area contributed by atoms with E-state index in [1.54, 1.807) is 0 Å². The topological polar surface area (TPSA) is 41.6 Å².